The molecule has 0 amide bonds. The van der Waals surface area contributed by atoms with E-state index in [1.807, 2.05) is 6.92 Å². The van der Waals surface area contributed by atoms with Crippen molar-refractivity contribution in [3.8, 4) is 0 Å². The molecule has 1 heterocycles. The molecule has 0 bridgehead atoms. The van der Waals surface area contributed by atoms with Crippen molar-refractivity contribution in [2.24, 2.45) is 0 Å². The third-order valence-electron chi connectivity index (χ3n) is 1.41. The van der Waals surface area contributed by atoms with E-state index in [9.17, 15) is 5.21 Å². The molecule has 0 spiro atoms. The summed E-state index contributed by atoms with van der Waals surface area (Å²) in [5.74, 6) is 0. The van der Waals surface area contributed by atoms with Gasteiger partial charge < -0.3 is 9.94 Å². The first kappa shape index (κ1) is 9.48. The second-order valence-electron chi connectivity index (χ2n) is 2.32. The van der Waals surface area contributed by atoms with E-state index >= 15 is 0 Å². The lowest BCUT2D eigenvalue weighted by molar-refractivity contribution is -0.617. The van der Waals surface area contributed by atoms with Crippen LogP contribution in [0.5, 0.6) is 0 Å². The second-order valence-corrected chi connectivity index (χ2v) is 3.13. The molecular weight excluding hydrogens is 222 g/mol. The molecule has 66 valence electrons. The Balaban J connectivity index is 2.69. The molecule has 0 atom stereocenters. The predicted octanol–water partition coefficient (Wildman–Crippen LogP) is 1.62. The number of nitrogens with zero attached hydrogens (tertiary/aromatic N) is 1. The highest BCUT2D eigenvalue weighted by atomic mass is 79.9. The van der Waals surface area contributed by atoms with E-state index in [0.717, 1.165) is 10.3 Å². The maximum Gasteiger partial charge on any atom is 0.259 e. The van der Waals surface area contributed by atoms with Gasteiger partial charge in [-0.05, 0) is 12.5 Å². The minimum absolute atomic E-state index is 0.514. The van der Waals surface area contributed by atoms with Gasteiger partial charge in [0.15, 0.2) is 6.20 Å². The lowest BCUT2D eigenvalue weighted by Gasteiger charge is -2.02. The zero-order valence-electron chi connectivity index (χ0n) is 6.79. The van der Waals surface area contributed by atoms with Gasteiger partial charge in [0.2, 0.25) is 0 Å². The normalized spacial score (nSPS) is 10.2. The van der Waals surface area contributed by atoms with E-state index in [4.69, 9.17) is 4.74 Å². The summed E-state index contributed by atoms with van der Waals surface area (Å²) in [6.07, 6.45) is 1.46. The number of ether oxygens (including phenoxy) is 1. The molecule has 0 saturated heterocycles. The van der Waals surface area contributed by atoms with Crippen LogP contribution in [-0.2, 0) is 11.3 Å². The molecule has 1 aromatic rings. The molecular formula is C8H10BrNO2. The standard InChI is InChI=1S/C8H10BrNO2/c1-2-12-6-7-3-4-10(11)8(9)5-7/h3-5H,2,6H2,1H3. The second kappa shape index (κ2) is 4.42. The molecule has 0 unspecified atom stereocenters. The van der Waals surface area contributed by atoms with Crippen LogP contribution in [0.4, 0.5) is 0 Å². The zero-order valence-corrected chi connectivity index (χ0v) is 8.37. The first-order valence-corrected chi connectivity index (χ1v) is 4.48. The number of hydrogen-bond acceptors (Lipinski definition) is 2. The van der Waals surface area contributed by atoms with Crippen LogP contribution >= 0.6 is 15.9 Å². The fourth-order valence-corrected chi connectivity index (χ4v) is 1.22. The summed E-state index contributed by atoms with van der Waals surface area (Å²) in [6.45, 7) is 3.17. The van der Waals surface area contributed by atoms with E-state index in [0.29, 0.717) is 17.8 Å². The van der Waals surface area contributed by atoms with Crippen molar-refractivity contribution in [3.63, 3.8) is 0 Å². The molecule has 0 radical (unpaired) electrons. The molecule has 1 aromatic heterocycles. The number of pyridine rings is 1. The molecule has 1 rings (SSSR count). The van der Waals surface area contributed by atoms with Gasteiger partial charge in [0.05, 0.1) is 6.61 Å². The van der Waals surface area contributed by atoms with Gasteiger partial charge >= 0.3 is 0 Å². The predicted molar refractivity (Wildman–Crippen MR) is 48.4 cm³/mol. The molecule has 0 saturated carbocycles. The van der Waals surface area contributed by atoms with E-state index < -0.39 is 0 Å². The van der Waals surface area contributed by atoms with Gasteiger partial charge in [-0.25, -0.2) is 0 Å². The van der Waals surface area contributed by atoms with Crippen molar-refractivity contribution in [2.45, 2.75) is 13.5 Å². The summed E-state index contributed by atoms with van der Waals surface area (Å²) in [6, 6.07) is 3.50. The first-order chi connectivity index (χ1) is 5.74. The molecule has 0 aliphatic rings. The van der Waals surface area contributed by atoms with E-state index in [-0.39, 0.29) is 0 Å². The Hall–Kier alpha value is -0.610. The van der Waals surface area contributed by atoms with Crippen molar-refractivity contribution < 1.29 is 9.47 Å². The summed E-state index contributed by atoms with van der Waals surface area (Å²) in [4.78, 5) is 0. The van der Waals surface area contributed by atoms with Crippen molar-refractivity contribution >= 4 is 15.9 Å². The van der Waals surface area contributed by atoms with Crippen LogP contribution < -0.4 is 4.73 Å². The lowest BCUT2D eigenvalue weighted by atomic mass is 10.3. The third-order valence-corrected chi connectivity index (χ3v) is 1.99. The topological polar surface area (TPSA) is 36.2 Å². The summed E-state index contributed by atoms with van der Waals surface area (Å²) in [5.41, 5.74) is 0.996. The molecule has 4 heteroatoms. The van der Waals surface area contributed by atoms with Crippen molar-refractivity contribution in [2.75, 3.05) is 6.61 Å². The maximum atomic E-state index is 10.9. The van der Waals surface area contributed by atoms with E-state index in [1.165, 1.54) is 6.20 Å². The monoisotopic (exact) mass is 231 g/mol. The van der Waals surface area contributed by atoms with Crippen LogP contribution in [-0.4, -0.2) is 6.61 Å². The van der Waals surface area contributed by atoms with Gasteiger partial charge in [0, 0.05) is 34.7 Å². The van der Waals surface area contributed by atoms with Crippen LogP contribution in [0.25, 0.3) is 0 Å². The summed E-state index contributed by atoms with van der Waals surface area (Å²) in [5, 5.41) is 10.9. The summed E-state index contributed by atoms with van der Waals surface area (Å²) < 4.78 is 6.46. The van der Waals surface area contributed by atoms with E-state index in [2.05, 4.69) is 15.9 Å². The van der Waals surface area contributed by atoms with Gasteiger partial charge in [-0.3, -0.25) is 0 Å². The number of hydrogen-bond donors (Lipinski definition) is 0. The highest BCUT2D eigenvalue weighted by molar-refractivity contribution is 9.10. The quantitative estimate of drug-likeness (QED) is 0.451. The molecule has 3 nitrogen and oxygen atoms in total. The van der Waals surface area contributed by atoms with Crippen molar-refractivity contribution in [1.29, 1.82) is 0 Å². The zero-order chi connectivity index (χ0) is 8.97. The Morgan fingerprint density at radius 1 is 1.67 bits per heavy atom. The largest absolute Gasteiger partial charge is 0.618 e. The maximum absolute atomic E-state index is 10.9. The first-order valence-electron chi connectivity index (χ1n) is 3.69. The smallest absolute Gasteiger partial charge is 0.259 e. The summed E-state index contributed by atoms with van der Waals surface area (Å²) in [7, 11) is 0. The van der Waals surface area contributed by atoms with Gasteiger partial charge in [0.1, 0.15) is 0 Å². The molecule has 0 aliphatic carbocycles. The van der Waals surface area contributed by atoms with Crippen LogP contribution in [0, 0.1) is 5.21 Å². The SMILES string of the molecule is CCOCc1cc[n+]([O-])c(Br)c1. The highest BCUT2D eigenvalue weighted by Crippen LogP contribution is 2.07. The van der Waals surface area contributed by atoms with Crippen LogP contribution in [0.15, 0.2) is 22.9 Å². The minimum Gasteiger partial charge on any atom is -0.618 e. The molecule has 0 aliphatic heterocycles. The Kier molecular flexibility index (Phi) is 3.49. The van der Waals surface area contributed by atoms with Crippen molar-refractivity contribution in [1.82, 2.24) is 0 Å². The fourth-order valence-electron chi connectivity index (χ4n) is 0.809. The molecule has 0 aromatic carbocycles. The van der Waals surface area contributed by atoms with Gasteiger partial charge in [0.25, 0.3) is 4.60 Å². The number of rotatable bonds is 3. The third kappa shape index (κ3) is 2.46. The molecule has 0 fully saturated rings. The van der Waals surface area contributed by atoms with E-state index in [1.54, 1.807) is 12.1 Å². The summed E-state index contributed by atoms with van der Waals surface area (Å²) >= 11 is 3.13. The Morgan fingerprint density at radius 3 is 3.00 bits per heavy atom. The van der Waals surface area contributed by atoms with Crippen molar-refractivity contribution in [3.05, 3.63) is 33.7 Å². The Labute approximate surface area is 79.7 Å². The number of halogens is 1. The average Bonchev–Trinajstić information content (AvgIpc) is 2.07. The lowest BCUT2D eigenvalue weighted by Crippen LogP contribution is -2.26. The number of aromatic nitrogens is 1. The van der Waals surface area contributed by atoms with Gasteiger partial charge in [-0.2, -0.15) is 4.73 Å². The van der Waals surface area contributed by atoms with Gasteiger partial charge in [-0.1, -0.05) is 0 Å². The fraction of sp³-hybridized carbons (Fsp3) is 0.375. The Bertz CT molecular complexity index is 265. The molecule has 12 heavy (non-hydrogen) atoms. The van der Waals surface area contributed by atoms with Crippen LogP contribution in [0.2, 0.25) is 0 Å². The highest BCUT2D eigenvalue weighted by Gasteiger charge is 2.01. The Morgan fingerprint density at radius 2 is 2.42 bits per heavy atom. The van der Waals surface area contributed by atoms with Crippen LogP contribution in [0.1, 0.15) is 12.5 Å². The minimum atomic E-state index is 0.514. The average molecular weight is 232 g/mol. The van der Waals surface area contributed by atoms with Gasteiger partial charge in [-0.15, -0.1) is 0 Å². The van der Waals surface area contributed by atoms with Crippen LogP contribution in [0.3, 0.4) is 0 Å². The molecule has 0 N–H and O–H groups in total.